The molecule has 0 saturated carbocycles. The molecule has 0 radical (unpaired) electrons. The van der Waals surface area contributed by atoms with Gasteiger partial charge in [0.1, 0.15) is 11.9 Å². The Hall–Kier alpha value is -1.91. The SMILES string of the molecule is CCC(=O)N(Cc1ccc(F)cc1)[C@H](C)C(=O)NCC(C)C. The van der Waals surface area contributed by atoms with Gasteiger partial charge < -0.3 is 10.2 Å². The topological polar surface area (TPSA) is 49.4 Å². The lowest BCUT2D eigenvalue weighted by Gasteiger charge is -2.28. The third-order valence-corrected chi connectivity index (χ3v) is 3.42. The van der Waals surface area contributed by atoms with E-state index in [1.54, 1.807) is 26.0 Å². The summed E-state index contributed by atoms with van der Waals surface area (Å²) in [6, 6.07) is 5.41. The number of benzene rings is 1. The molecule has 22 heavy (non-hydrogen) atoms. The van der Waals surface area contributed by atoms with Gasteiger partial charge >= 0.3 is 0 Å². The Morgan fingerprint density at radius 3 is 2.27 bits per heavy atom. The zero-order valence-electron chi connectivity index (χ0n) is 13.7. The number of rotatable bonds is 7. The van der Waals surface area contributed by atoms with E-state index in [1.165, 1.54) is 17.0 Å². The minimum Gasteiger partial charge on any atom is -0.354 e. The van der Waals surface area contributed by atoms with Crippen LogP contribution in [-0.4, -0.2) is 29.3 Å². The fourth-order valence-electron chi connectivity index (χ4n) is 2.02. The van der Waals surface area contributed by atoms with E-state index in [-0.39, 0.29) is 17.6 Å². The summed E-state index contributed by atoms with van der Waals surface area (Å²) in [5.74, 6) is -0.238. The van der Waals surface area contributed by atoms with Crippen molar-refractivity contribution in [3.05, 3.63) is 35.6 Å². The molecule has 1 atom stereocenters. The molecule has 0 saturated heterocycles. The van der Waals surface area contributed by atoms with Crippen LogP contribution < -0.4 is 5.32 Å². The lowest BCUT2D eigenvalue weighted by molar-refractivity contribution is -0.140. The van der Waals surface area contributed by atoms with Crippen molar-refractivity contribution in [1.29, 1.82) is 0 Å². The van der Waals surface area contributed by atoms with Crippen LogP contribution in [0.5, 0.6) is 0 Å². The largest absolute Gasteiger partial charge is 0.354 e. The van der Waals surface area contributed by atoms with E-state index in [0.717, 1.165) is 5.56 Å². The number of hydrogen-bond donors (Lipinski definition) is 1. The molecule has 1 rings (SSSR count). The van der Waals surface area contributed by atoms with Crippen molar-refractivity contribution in [1.82, 2.24) is 10.2 Å². The Bertz CT molecular complexity index is 500. The van der Waals surface area contributed by atoms with E-state index >= 15 is 0 Å². The van der Waals surface area contributed by atoms with Crippen molar-refractivity contribution >= 4 is 11.8 Å². The van der Waals surface area contributed by atoms with Gasteiger partial charge in [0.15, 0.2) is 0 Å². The quantitative estimate of drug-likeness (QED) is 0.842. The van der Waals surface area contributed by atoms with E-state index in [1.807, 2.05) is 13.8 Å². The predicted molar refractivity (Wildman–Crippen MR) is 84.6 cm³/mol. The van der Waals surface area contributed by atoms with Gasteiger partial charge in [-0.1, -0.05) is 32.9 Å². The van der Waals surface area contributed by atoms with Gasteiger partial charge in [0.2, 0.25) is 11.8 Å². The Balaban J connectivity index is 2.81. The molecule has 1 aromatic rings. The Kier molecular flexibility index (Phi) is 7.02. The molecule has 0 aromatic heterocycles. The van der Waals surface area contributed by atoms with Crippen LogP contribution in [0.25, 0.3) is 0 Å². The van der Waals surface area contributed by atoms with Crippen LogP contribution in [0.1, 0.15) is 39.7 Å². The van der Waals surface area contributed by atoms with E-state index in [0.29, 0.717) is 25.4 Å². The first-order valence-corrected chi connectivity index (χ1v) is 7.66. The van der Waals surface area contributed by atoms with Gasteiger partial charge in [-0.3, -0.25) is 9.59 Å². The van der Waals surface area contributed by atoms with Crippen LogP contribution in [0.15, 0.2) is 24.3 Å². The van der Waals surface area contributed by atoms with Gasteiger partial charge in [-0.05, 0) is 30.5 Å². The fourth-order valence-corrected chi connectivity index (χ4v) is 2.02. The summed E-state index contributed by atoms with van der Waals surface area (Å²) in [5, 5.41) is 2.84. The maximum Gasteiger partial charge on any atom is 0.242 e. The van der Waals surface area contributed by atoms with E-state index in [4.69, 9.17) is 0 Å². The lowest BCUT2D eigenvalue weighted by atomic mass is 10.1. The van der Waals surface area contributed by atoms with Gasteiger partial charge in [-0.2, -0.15) is 0 Å². The summed E-state index contributed by atoms with van der Waals surface area (Å²) in [5.41, 5.74) is 0.798. The molecule has 0 fully saturated rings. The van der Waals surface area contributed by atoms with Crippen LogP contribution in [0, 0.1) is 11.7 Å². The highest BCUT2D eigenvalue weighted by Crippen LogP contribution is 2.11. The second-order valence-corrected chi connectivity index (χ2v) is 5.82. The van der Waals surface area contributed by atoms with Crippen LogP contribution in [0.2, 0.25) is 0 Å². The van der Waals surface area contributed by atoms with Gasteiger partial charge in [-0.25, -0.2) is 4.39 Å². The van der Waals surface area contributed by atoms with Crippen molar-refractivity contribution in [2.24, 2.45) is 5.92 Å². The molecule has 1 aromatic carbocycles. The summed E-state index contributed by atoms with van der Waals surface area (Å²) >= 11 is 0. The minimum absolute atomic E-state index is 0.100. The molecular formula is C17H25FN2O2. The molecule has 1 N–H and O–H groups in total. The summed E-state index contributed by atoms with van der Waals surface area (Å²) < 4.78 is 13.0. The summed E-state index contributed by atoms with van der Waals surface area (Å²) in [7, 11) is 0. The average Bonchev–Trinajstić information content (AvgIpc) is 2.50. The third-order valence-electron chi connectivity index (χ3n) is 3.42. The third kappa shape index (κ3) is 5.47. The first kappa shape index (κ1) is 18.1. The normalized spacial score (nSPS) is 12.1. The number of halogens is 1. The molecule has 0 heterocycles. The highest BCUT2D eigenvalue weighted by Gasteiger charge is 2.24. The molecule has 0 aliphatic heterocycles. The van der Waals surface area contributed by atoms with Gasteiger partial charge in [0.25, 0.3) is 0 Å². The highest BCUT2D eigenvalue weighted by molar-refractivity contribution is 5.87. The monoisotopic (exact) mass is 308 g/mol. The molecular weight excluding hydrogens is 283 g/mol. The molecule has 0 unspecified atom stereocenters. The van der Waals surface area contributed by atoms with Gasteiger partial charge in [0, 0.05) is 19.5 Å². The number of nitrogens with zero attached hydrogens (tertiary/aromatic N) is 1. The van der Waals surface area contributed by atoms with Crippen molar-refractivity contribution < 1.29 is 14.0 Å². The van der Waals surface area contributed by atoms with E-state index in [2.05, 4.69) is 5.32 Å². The number of nitrogens with one attached hydrogen (secondary N) is 1. The lowest BCUT2D eigenvalue weighted by Crippen LogP contribution is -2.48. The summed E-state index contributed by atoms with van der Waals surface area (Å²) in [6.45, 7) is 8.37. The zero-order chi connectivity index (χ0) is 16.7. The molecule has 2 amide bonds. The average molecular weight is 308 g/mol. The Morgan fingerprint density at radius 1 is 1.18 bits per heavy atom. The highest BCUT2D eigenvalue weighted by atomic mass is 19.1. The number of carbonyl (C=O) groups is 2. The zero-order valence-corrected chi connectivity index (χ0v) is 13.7. The van der Waals surface area contributed by atoms with Gasteiger partial charge in [0.05, 0.1) is 0 Å². The molecule has 0 spiro atoms. The van der Waals surface area contributed by atoms with Crippen molar-refractivity contribution in [2.75, 3.05) is 6.54 Å². The standard InChI is InChI=1S/C17H25FN2O2/c1-5-16(21)20(11-14-6-8-15(18)9-7-14)13(4)17(22)19-10-12(2)3/h6-9,12-13H,5,10-11H2,1-4H3,(H,19,22)/t13-/m1/s1. The van der Waals surface area contributed by atoms with Crippen LogP contribution in [0.4, 0.5) is 4.39 Å². The van der Waals surface area contributed by atoms with Gasteiger partial charge in [-0.15, -0.1) is 0 Å². The minimum atomic E-state index is -0.559. The van der Waals surface area contributed by atoms with Crippen LogP contribution in [0.3, 0.4) is 0 Å². The van der Waals surface area contributed by atoms with Crippen LogP contribution in [-0.2, 0) is 16.1 Å². The Morgan fingerprint density at radius 2 is 1.77 bits per heavy atom. The molecule has 0 aliphatic rings. The fraction of sp³-hybridized carbons (Fsp3) is 0.529. The predicted octanol–water partition coefficient (Wildman–Crippen LogP) is 2.73. The number of amides is 2. The van der Waals surface area contributed by atoms with Crippen molar-refractivity contribution in [2.45, 2.75) is 46.7 Å². The maximum absolute atomic E-state index is 13.0. The molecule has 0 bridgehead atoms. The van der Waals surface area contributed by atoms with E-state index < -0.39 is 6.04 Å². The summed E-state index contributed by atoms with van der Waals surface area (Å²) in [4.78, 5) is 25.9. The number of hydrogen-bond acceptors (Lipinski definition) is 2. The van der Waals surface area contributed by atoms with E-state index in [9.17, 15) is 14.0 Å². The maximum atomic E-state index is 13.0. The molecule has 5 heteroatoms. The Labute approximate surface area is 131 Å². The molecule has 4 nitrogen and oxygen atoms in total. The smallest absolute Gasteiger partial charge is 0.242 e. The number of carbonyl (C=O) groups excluding carboxylic acids is 2. The van der Waals surface area contributed by atoms with Crippen molar-refractivity contribution in [3.63, 3.8) is 0 Å². The molecule has 122 valence electrons. The van der Waals surface area contributed by atoms with Crippen LogP contribution >= 0.6 is 0 Å². The second-order valence-electron chi connectivity index (χ2n) is 5.82. The second kappa shape index (κ2) is 8.51. The van der Waals surface area contributed by atoms with Crippen molar-refractivity contribution in [3.8, 4) is 0 Å². The molecule has 0 aliphatic carbocycles. The first-order chi connectivity index (χ1) is 10.3. The summed E-state index contributed by atoms with van der Waals surface area (Å²) in [6.07, 6.45) is 0.322. The first-order valence-electron chi connectivity index (χ1n) is 7.66.